The molecule has 0 spiro atoms. The summed E-state index contributed by atoms with van der Waals surface area (Å²) < 4.78 is 0. The van der Waals surface area contributed by atoms with Gasteiger partial charge in [0.15, 0.2) is 0 Å². The summed E-state index contributed by atoms with van der Waals surface area (Å²) in [6.45, 7) is 2.68. The zero-order chi connectivity index (χ0) is 12.1. The van der Waals surface area contributed by atoms with E-state index >= 15 is 0 Å². The van der Waals surface area contributed by atoms with E-state index in [2.05, 4.69) is 5.32 Å². The number of aryl methyl sites for hydroxylation is 1. The zero-order valence-electron chi connectivity index (χ0n) is 10.1. The summed E-state index contributed by atoms with van der Waals surface area (Å²) in [7, 11) is 3.59. The molecule has 4 heteroatoms. The van der Waals surface area contributed by atoms with E-state index < -0.39 is 0 Å². The van der Waals surface area contributed by atoms with Crippen molar-refractivity contribution >= 4 is 17.3 Å². The molecular formula is C12H19N3O. The van der Waals surface area contributed by atoms with Crippen molar-refractivity contribution in [3.8, 4) is 0 Å². The molecule has 1 aromatic carbocycles. The van der Waals surface area contributed by atoms with Crippen LogP contribution in [0.5, 0.6) is 0 Å². The molecule has 0 aromatic heterocycles. The smallest absolute Gasteiger partial charge is 0.221 e. The van der Waals surface area contributed by atoms with Crippen molar-refractivity contribution in [1.29, 1.82) is 0 Å². The lowest BCUT2D eigenvalue weighted by molar-refractivity contribution is -0.120. The SMILES string of the molecule is CNC(=O)CCN(C)c1c(C)cccc1N. The van der Waals surface area contributed by atoms with Crippen LogP contribution in [0.4, 0.5) is 11.4 Å². The molecule has 0 aliphatic heterocycles. The van der Waals surface area contributed by atoms with Crippen LogP contribution < -0.4 is 16.0 Å². The third-order valence-corrected chi connectivity index (χ3v) is 2.60. The molecule has 0 unspecified atom stereocenters. The monoisotopic (exact) mass is 221 g/mol. The van der Waals surface area contributed by atoms with Gasteiger partial charge in [-0.2, -0.15) is 0 Å². The molecule has 4 nitrogen and oxygen atoms in total. The van der Waals surface area contributed by atoms with Gasteiger partial charge < -0.3 is 16.0 Å². The van der Waals surface area contributed by atoms with Crippen LogP contribution in [-0.4, -0.2) is 26.5 Å². The lowest BCUT2D eigenvalue weighted by Crippen LogP contribution is -2.27. The van der Waals surface area contributed by atoms with Crippen molar-refractivity contribution in [3.05, 3.63) is 23.8 Å². The quantitative estimate of drug-likeness (QED) is 0.750. The number of amides is 1. The number of carbonyl (C=O) groups excluding carboxylic acids is 1. The highest BCUT2D eigenvalue weighted by Gasteiger charge is 2.09. The number of nitrogens with one attached hydrogen (secondary N) is 1. The molecular weight excluding hydrogens is 202 g/mol. The average Bonchev–Trinajstić information content (AvgIpc) is 2.25. The van der Waals surface area contributed by atoms with Crippen molar-refractivity contribution in [3.63, 3.8) is 0 Å². The van der Waals surface area contributed by atoms with Crippen molar-refractivity contribution in [2.45, 2.75) is 13.3 Å². The molecule has 1 aromatic rings. The van der Waals surface area contributed by atoms with Crippen molar-refractivity contribution in [2.75, 3.05) is 31.3 Å². The Bertz CT molecular complexity index is 356. The normalized spacial score (nSPS) is 9.94. The Morgan fingerprint density at radius 1 is 1.50 bits per heavy atom. The number of hydrogen-bond acceptors (Lipinski definition) is 3. The lowest BCUT2D eigenvalue weighted by Gasteiger charge is -2.22. The molecule has 0 heterocycles. The van der Waals surface area contributed by atoms with E-state index in [4.69, 9.17) is 5.73 Å². The maximum absolute atomic E-state index is 11.1. The van der Waals surface area contributed by atoms with Gasteiger partial charge in [0.2, 0.25) is 5.91 Å². The number of hydrogen-bond donors (Lipinski definition) is 2. The van der Waals surface area contributed by atoms with E-state index in [-0.39, 0.29) is 5.91 Å². The Kier molecular flexibility index (Phi) is 4.17. The number of benzene rings is 1. The summed E-state index contributed by atoms with van der Waals surface area (Å²) in [6.07, 6.45) is 0.473. The second-order valence-corrected chi connectivity index (χ2v) is 3.86. The molecule has 0 saturated carbocycles. The second-order valence-electron chi connectivity index (χ2n) is 3.86. The van der Waals surface area contributed by atoms with Gasteiger partial charge in [-0.1, -0.05) is 12.1 Å². The van der Waals surface area contributed by atoms with Gasteiger partial charge in [-0.05, 0) is 18.6 Å². The Labute approximate surface area is 96.4 Å². The van der Waals surface area contributed by atoms with E-state index in [0.717, 1.165) is 16.9 Å². The van der Waals surface area contributed by atoms with Gasteiger partial charge >= 0.3 is 0 Å². The fourth-order valence-electron chi connectivity index (χ4n) is 1.71. The molecule has 0 bridgehead atoms. The van der Waals surface area contributed by atoms with Gasteiger partial charge in [0, 0.05) is 27.1 Å². The summed E-state index contributed by atoms with van der Waals surface area (Å²) in [4.78, 5) is 13.2. The summed E-state index contributed by atoms with van der Waals surface area (Å²) in [5.41, 5.74) is 8.80. The second kappa shape index (κ2) is 5.39. The molecule has 0 fully saturated rings. The predicted molar refractivity (Wildman–Crippen MR) is 67.5 cm³/mol. The van der Waals surface area contributed by atoms with Gasteiger partial charge in [-0.25, -0.2) is 0 Å². The first-order chi connectivity index (χ1) is 7.56. The highest BCUT2D eigenvalue weighted by Crippen LogP contribution is 2.26. The summed E-state index contributed by atoms with van der Waals surface area (Å²) in [6, 6.07) is 5.82. The molecule has 1 rings (SSSR count). The Morgan fingerprint density at radius 3 is 2.75 bits per heavy atom. The number of para-hydroxylation sites is 1. The molecule has 0 atom stereocenters. The van der Waals surface area contributed by atoms with E-state index in [1.165, 1.54) is 0 Å². The molecule has 3 N–H and O–H groups in total. The van der Waals surface area contributed by atoms with E-state index in [1.54, 1.807) is 7.05 Å². The van der Waals surface area contributed by atoms with Crippen LogP contribution in [0.3, 0.4) is 0 Å². The van der Waals surface area contributed by atoms with Crippen LogP contribution in [0.1, 0.15) is 12.0 Å². The molecule has 16 heavy (non-hydrogen) atoms. The minimum Gasteiger partial charge on any atom is -0.397 e. The minimum absolute atomic E-state index is 0.0407. The van der Waals surface area contributed by atoms with Gasteiger partial charge in [-0.15, -0.1) is 0 Å². The van der Waals surface area contributed by atoms with Crippen molar-refractivity contribution < 1.29 is 4.79 Å². The minimum atomic E-state index is 0.0407. The average molecular weight is 221 g/mol. The van der Waals surface area contributed by atoms with Crippen molar-refractivity contribution in [1.82, 2.24) is 5.32 Å². The molecule has 1 amide bonds. The number of nitrogens with two attached hydrogens (primary N) is 1. The molecule has 0 saturated heterocycles. The van der Waals surface area contributed by atoms with Gasteiger partial charge in [0.25, 0.3) is 0 Å². The summed E-state index contributed by atoms with van der Waals surface area (Å²) in [5.74, 6) is 0.0407. The van der Waals surface area contributed by atoms with Crippen LogP contribution in [0.2, 0.25) is 0 Å². The first kappa shape index (κ1) is 12.4. The summed E-state index contributed by atoms with van der Waals surface area (Å²) >= 11 is 0. The number of carbonyl (C=O) groups is 1. The maximum Gasteiger partial charge on any atom is 0.221 e. The third kappa shape index (κ3) is 2.89. The molecule has 88 valence electrons. The molecule has 0 aliphatic carbocycles. The van der Waals surface area contributed by atoms with Gasteiger partial charge in [-0.3, -0.25) is 4.79 Å². The summed E-state index contributed by atoms with van der Waals surface area (Å²) in [5, 5.41) is 2.60. The number of nitrogens with zero attached hydrogens (tertiary/aromatic N) is 1. The first-order valence-electron chi connectivity index (χ1n) is 5.33. The topological polar surface area (TPSA) is 58.4 Å². The highest BCUT2D eigenvalue weighted by atomic mass is 16.1. The number of anilines is 2. The third-order valence-electron chi connectivity index (χ3n) is 2.60. The molecule has 0 radical (unpaired) electrons. The van der Waals surface area contributed by atoms with Crippen LogP contribution >= 0.6 is 0 Å². The first-order valence-corrected chi connectivity index (χ1v) is 5.33. The fourth-order valence-corrected chi connectivity index (χ4v) is 1.71. The number of rotatable bonds is 4. The lowest BCUT2D eigenvalue weighted by atomic mass is 10.1. The Balaban J connectivity index is 2.73. The highest BCUT2D eigenvalue weighted by molar-refractivity contribution is 5.77. The predicted octanol–water partition coefficient (Wildman–Crippen LogP) is 1.15. The van der Waals surface area contributed by atoms with Crippen LogP contribution in [0.25, 0.3) is 0 Å². The van der Waals surface area contributed by atoms with Crippen LogP contribution in [0.15, 0.2) is 18.2 Å². The molecule has 0 aliphatic rings. The fraction of sp³-hybridized carbons (Fsp3) is 0.417. The van der Waals surface area contributed by atoms with Crippen LogP contribution in [-0.2, 0) is 4.79 Å². The largest absolute Gasteiger partial charge is 0.397 e. The number of nitrogen functional groups attached to an aromatic ring is 1. The van der Waals surface area contributed by atoms with Crippen molar-refractivity contribution in [2.24, 2.45) is 0 Å². The van der Waals surface area contributed by atoms with E-state index in [0.29, 0.717) is 13.0 Å². The zero-order valence-corrected chi connectivity index (χ0v) is 10.1. The van der Waals surface area contributed by atoms with Crippen LogP contribution in [0, 0.1) is 6.92 Å². The van der Waals surface area contributed by atoms with E-state index in [1.807, 2.05) is 37.1 Å². The van der Waals surface area contributed by atoms with Gasteiger partial charge in [0.1, 0.15) is 0 Å². The standard InChI is InChI=1S/C12H19N3O/c1-9-5-4-6-10(13)12(9)15(3)8-7-11(16)14-2/h4-6H,7-8,13H2,1-3H3,(H,14,16). The van der Waals surface area contributed by atoms with Gasteiger partial charge in [0.05, 0.1) is 11.4 Å². The Morgan fingerprint density at radius 2 is 2.19 bits per heavy atom. The maximum atomic E-state index is 11.1. The van der Waals surface area contributed by atoms with E-state index in [9.17, 15) is 4.79 Å². The Hall–Kier alpha value is -1.71.